The van der Waals surface area contributed by atoms with Gasteiger partial charge in [0.25, 0.3) is 0 Å². The Balaban J connectivity index is 2.45. The molecular weight excluding hydrogens is 192 g/mol. The van der Waals surface area contributed by atoms with E-state index >= 15 is 0 Å². The third kappa shape index (κ3) is 3.80. The largest absolute Gasteiger partial charge is 0.504 e. The van der Waals surface area contributed by atoms with E-state index in [1.54, 1.807) is 18.2 Å². The number of ether oxygens (including phenoxy) is 1. The summed E-state index contributed by atoms with van der Waals surface area (Å²) < 4.78 is 5.43. The highest BCUT2D eigenvalue weighted by atomic mass is 16.5. The average molecular weight is 210 g/mol. The molecule has 15 heavy (non-hydrogen) atoms. The molecule has 0 aliphatic carbocycles. The fourth-order valence-electron chi connectivity index (χ4n) is 1.42. The zero-order chi connectivity index (χ0) is 11.1. The lowest BCUT2D eigenvalue weighted by Gasteiger charge is -2.14. The predicted octanol–water partition coefficient (Wildman–Crippen LogP) is 2.18. The standard InChI is InChI=1S/C12H18O3/c1-2-5-10(8-13)9-15-12-7-4-3-6-11(12)14/h3-4,6-7,10,13-14H,2,5,8-9H2,1H3. The summed E-state index contributed by atoms with van der Waals surface area (Å²) in [6.45, 7) is 2.64. The lowest BCUT2D eigenvalue weighted by atomic mass is 10.1. The van der Waals surface area contributed by atoms with Crippen molar-refractivity contribution >= 4 is 0 Å². The number of aromatic hydroxyl groups is 1. The lowest BCUT2D eigenvalue weighted by Crippen LogP contribution is -2.15. The van der Waals surface area contributed by atoms with Gasteiger partial charge in [0.15, 0.2) is 11.5 Å². The van der Waals surface area contributed by atoms with Crippen molar-refractivity contribution in [1.82, 2.24) is 0 Å². The van der Waals surface area contributed by atoms with Crippen molar-refractivity contribution in [2.24, 2.45) is 5.92 Å². The van der Waals surface area contributed by atoms with Crippen molar-refractivity contribution in [3.8, 4) is 11.5 Å². The molecule has 1 aromatic carbocycles. The minimum atomic E-state index is 0.126. The number of phenols is 1. The molecule has 0 saturated carbocycles. The summed E-state index contributed by atoms with van der Waals surface area (Å²) in [5.41, 5.74) is 0. The zero-order valence-corrected chi connectivity index (χ0v) is 9.02. The molecule has 1 unspecified atom stereocenters. The van der Waals surface area contributed by atoms with E-state index in [-0.39, 0.29) is 18.3 Å². The molecule has 0 aliphatic rings. The van der Waals surface area contributed by atoms with Gasteiger partial charge in [0.05, 0.1) is 6.61 Å². The summed E-state index contributed by atoms with van der Waals surface area (Å²) >= 11 is 0. The molecule has 1 aromatic rings. The predicted molar refractivity (Wildman–Crippen MR) is 59.1 cm³/mol. The molecule has 0 aliphatic heterocycles. The molecule has 0 aromatic heterocycles. The summed E-state index contributed by atoms with van der Waals surface area (Å²) in [7, 11) is 0. The van der Waals surface area contributed by atoms with E-state index in [1.807, 2.05) is 6.07 Å². The highest BCUT2D eigenvalue weighted by Crippen LogP contribution is 2.25. The molecule has 0 fully saturated rings. The third-order valence-corrected chi connectivity index (χ3v) is 2.29. The van der Waals surface area contributed by atoms with Crippen LogP contribution in [0.2, 0.25) is 0 Å². The van der Waals surface area contributed by atoms with Gasteiger partial charge in [-0.3, -0.25) is 0 Å². The van der Waals surface area contributed by atoms with E-state index in [9.17, 15) is 5.11 Å². The molecule has 84 valence electrons. The van der Waals surface area contributed by atoms with Crippen LogP contribution < -0.4 is 4.74 Å². The molecule has 0 radical (unpaired) electrons. The Morgan fingerprint density at radius 3 is 2.67 bits per heavy atom. The van der Waals surface area contributed by atoms with Gasteiger partial charge in [0.1, 0.15) is 0 Å². The van der Waals surface area contributed by atoms with E-state index in [1.165, 1.54) is 0 Å². The van der Waals surface area contributed by atoms with Gasteiger partial charge in [-0.05, 0) is 18.6 Å². The summed E-state index contributed by atoms with van der Waals surface area (Å²) in [4.78, 5) is 0. The number of hydrogen-bond acceptors (Lipinski definition) is 3. The summed E-state index contributed by atoms with van der Waals surface area (Å²) in [6, 6.07) is 6.86. The SMILES string of the molecule is CCCC(CO)COc1ccccc1O. The third-order valence-electron chi connectivity index (χ3n) is 2.29. The summed E-state index contributed by atoms with van der Waals surface area (Å²) in [5, 5.41) is 18.5. The van der Waals surface area contributed by atoms with E-state index in [0.717, 1.165) is 12.8 Å². The van der Waals surface area contributed by atoms with Crippen LogP contribution in [0, 0.1) is 5.92 Å². The highest BCUT2D eigenvalue weighted by molar-refractivity contribution is 5.37. The van der Waals surface area contributed by atoms with Gasteiger partial charge in [-0.1, -0.05) is 25.5 Å². The van der Waals surface area contributed by atoms with Crippen LogP contribution in [0.3, 0.4) is 0 Å². The zero-order valence-electron chi connectivity index (χ0n) is 9.02. The molecule has 0 bridgehead atoms. The van der Waals surface area contributed by atoms with Crippen molar-refractivity contribution in [2.45, 2.75) is 19.8 Å². The number of benzene rings is 1. The summed E-state index contributed by atoms with van der Waals surface area (Å²) in [6.07, 6.45) is 1.96. The van der Waals surface area contributed by atoms with Crippen molar-refractivity contribution in [1.29, 1.82) is 0 Å². The second-order valence-electron chi connectivity index (χ2n) is 3.62. The Labute approximate surface area is 90.3 Å². The van der Waals surface area contributed by atoms with Crippen LogP contribution in [0.5, 0.6) is 11.5 Å². The van der Waals surface area contributed by atoms with Crippen LogP contribution >= 0.6 is 0 Å². The molecule has 3 heteroatoms. The molecule has 0 saturated heterocycles. The first-order valence-corrected chi connectivity index (χ1v) is 5.29. The Bertz CT molecular complexity index is 286. The number of aliphatic hydroxyl groups is 1. The monoisotopic (exact) mass is 210 g/mol. The van der Waals surface area contributed by atoms with Crippen LogP contribution in [0.4, 0.5) is 0 Å². The Morgan fingerprint density at radius 1 is 1.33 bits per heavy atom. The number of phenolic OH excluding ortho intramolecular Hbond substituents is 1. The number of rotatable bonds is 6. The molecule has 0 heterocycles. The first-order chi connectivity index (χ1) is 7.27. The molecule has 1 atom stereocenters. The van der Waals surface area contributed by atoms with Crippen molar-refractivity contribution in [2.75, 3.05) is 13.2 Å². The molecule has 0 amide bonds. The Kier molecular flexibility index (Phi) is 4.98. The summed E-state index contributed by atoms with van der Waals surface area (Å²) in [5.74, 6) is 0.771. The van der Waals surface area contributed by atoms with Crippen LogP contribution in [0.1, 0.15) is 19.8 Å². The van der Waals surface area contributed by atoms with E-state index in [4.69, 9.17) is 9.84 Å². The second-order valence-corrected chi connectivity index (χ2v) is 3.62. The van der Waals surface area contributed by atoms with E-state index in [2.05, 4.69) is 6.92 Å². The number of aliphatic hydroxyl groups excluding tert-OH is 1. The second kappa shape index (κ2) is 6.30. The average Bonchev–Trinajstić information content (AvgIpc) is 2.26. The minimum Gasteiger partial charge on any atom is -0.504 e. The molecule has 1 rings (SSSR count). The smallest absolute Gasteiger partial charge is 0.160 e. The van der Waals surface area contributed by atoms with Gasteiger partial charge in [-0.25, -0.2) is 0 Å². The molecule has 2 N–H and O–H groups in total. The van der Waals surface area contributed by atoms with E-state index < -0.39 is 0 Å². The van der Waals surface area contributed by atoms with Crippen LogP contribution in [-0.4, -0.2) is 23.4 Å². The fraction of sp³-hybridized carbons (Fsp3) is 0.500. The maximum atomic E-state index is 9.44. The van der Waals surface area contributed by atoms with Crippen molar-refractivity contribution < 1.29 is 14.9 Å². The Hall–Kier alpha value is -1.22. The van der Waals surface area contributed by atoms with Crippen molar-refractivity contribution in [3.63, 3.8) is 0 Å². The van der Waals surface area contributed by atoms with Gasteiger partial charge in [-0.15, -0.1) is 0 Å². The lowest BCUT2D eigenvalue weighted by molar-refractivity contribution is 0.153. The van der Waals surface area contributed by atoms with Gasteiger partial charge in [-0.2, -0.15) is 0 Å². The maximum Gasteiger partial charge on any atom is 0.160 e. The van der Waals surface area contributed by atoms with Gasteiger partial charge in [0, 0.05) is 12.5 Å². The Morgan fingerprint density at radius 2 is 2.07 bits per heavy atom. The van der Waals surface area contributed by atoms with Gasteiger partial charge in [0.2, 0.25) is 0 Å². The minimum absolute atomic E-state index is 0.126. The molecule has 0 spiro atoms. The van der Waals surface area contributed by atoms with Gasteiger partial charge < -0.3 is 14.9 Å². The maximum absolute atomic E-state index is 9.44. The molecular formula is C12H18O3. The quantitative estimate of drug-likeness (QED) is 0.756. The van der Waals surface area contributed by atoms with Gasteiger partial charge >= 0.3 is 0 Å². The highest BCUT2D eigenvalue weighted by Gasteiger charge is 2.08. The number of para-hydroxylation sites is 2. The topological polar surface area (TPSA) is 49.7 Å². The fourth-order valence-corrected chi connectivity index (χ4v) is 1.42. The first kappa shape index (κ1) is 11.9. The number of hydrogen-bond donors (Lipinski definition) is 2. The normalized spacial score (nSPS) is 12.4. The molecule has 3 nitrogen and oxygen atoms in total. The van der Waals surface area contributed by atoms with Crippen molar-refractivity contribution in [3.05, 3.63) is 24.3 Å². The van der Waals surface area contributed by atoms with Crippen LogP contribution in [0.15, 0.2) is 24.3 Å². The van der Waals surface area contributed by atoms with Crippen LogP contribution in [0.25, 0.3) is 0 Å². The van der Waals surface area contributed by atoms with Crippen LogP contribution in [-0.2, 0) is 0 Å². The first-order valence-electron chi connectivity index (χ1n) is 5.29. The van der Waals surface area contributed by atoms with E-state index in [0.29, 0.717) is 12.4 Å².